The molecule has 0 aliphatic rings. The van der Waals surface area contributed by atoms with Gasteiger partial charge in [-0.25, -0.2) is 17.8 Å². The van der Waals surface area contributed by atoms with Gasteiger partial charge in [0.15, 0.2) is 5.69 Å². The maximum atomic E-state index is 12.6. The number of hydrogen-bond acceptors (Lipinski definition) is 6. The van der Waals surface area contributed by atoms with Crippen LogP contribution in [0.2, 0.25) is 5.02 Å². The van der Waals surface area contributed by atoms with E-state index in [-0.39, 0.29) is 38.8 Å². The maximum absolute atomic E-state index is 12.6. The van der Waals surface area contributed by atoms with Crippen LogP contribution in [0.5, 0.6) is 5.75 Å². The molecule has 0 spiro atoms. The molecule has 0 amide bonds. The van der Waals surface area contributed by atoms with Crippen molar-refractivity contribution in [3.8, 4) is 11.4 Å². The van der Waals surface area contributed by atoms with Gasteiger partial charge in [-0.2, -0.15) is 0 Å². The normalized spacial score (nSPS) is 11.6. The first-order valence-electron chi connectivity index (χ1n) is 7.99. The Morgan fingerprint density at radius 3 is 2.41 bits per heavy atom. The van der Waals surface area contributed by atoms with Gasteiger partial charge in [-0.3, -0.25) is 9.89 Å². The number of aromatic hydroxyl groups is 1. The molecule has 0 bridgehead atoms. The van der Waals surface area contributed by atoms with Crippen LogP contribution in [0, 0.1) is 6.92 Å². The zero-order valence-corrected chi connectivity index (χ0v) is 17.8. The van der Waals surface area contributed by atoms with Crippen molar-refractivity contribution in [2.75, 3.05) is 7.05 Å². The number of aromatic amines is 1. The first kappa shape index (κ1) is 22.8. The van der Waals surface area contributed by atoms with E-state index in [1.54, 1.807) is 31.2 Å². The van der Waals surface area contributed by atoms with Crippen molar-refractivity contribution < 1.29 is 30.3 Å². The first-order chi connectivity index (χ1) is 13.2. The molecule has 0 aliphatic heterocycles. The van der Waals surface area contributed by atoms with Crippen molar-refractivity contribution in [1.29, 1.82) is 0 Å². The summed E-state index contributed by atoms with van der Waals surface area (Å²) in [6.45, 7) is 1.64. The van der Waals surface area contributed by atoms with Gasteiger partial charge in [-0.15, -0.1) is 10.2 Å². The summed E-state index contributed by atoms with van der Waals surface area (Å²) < 4.78 is 27.2. The second-order valence-electron chi connectivity index (χ2n) is 5.76. The number of aryl methyl sites for hydroxylation is 1. The van der Waals surface area contributed by atoms with Gasteiger partial charge in [0.1, 0.15) is 11.4 Å². The minimum absolute atomic E-state index is 0. The largest absolute Gasteiger partial charge is 2.00 e. The Balaban J connectivity index is 0.00000300. The van der Waals surface area contributed by atoms with Gasteiger partial charge < -0.3 is 5.11 Å². The maximum Gasteiger partial charge on any atom is 2.00 e. The summed E-state index contributed by atoms with van der Waals surface area (Å²) >= 11 is 5.86. The molecule has 12 heteroatoms. The standard InChI is InChI=1S/C17H16ClN5O4S.Co/c1-10-16(17(25)23(22-10)12-5-3-11(18)4-6-12)21-20-14-9-13(7-8-15(14)24)28(26,27)19-2;/h3-9,19,22,24H,1-2H3;/q;+2. The van der Waals surface area contributed by atoms with Crippen molar-refractivity contribution in [2.24, 2.45) is 10.2 Å². The molecule has 3 N–H and O–H groups in total. The van der Waals surface area contributed by atoms with Gasteiger partial charge in [0.25, 0.3) is 5.56 Å². The van der Waals surface area contributed by atoms with Crippen LogP contribution in [0.15, 0.2) is 62.4 Å². The number of aromatic nitrogens is 2. The summed E-state index contributed by atoms with van der Waals surface area (Å²) in [5, 5.41) is 21.1. The number of sulfonamides is 1. The fraction of sp³-hybridized carbons (Fsp3) is 0.118. The number of benzene rings is 2. The minimum atomic E-state index is -3.72. The second kappa shape index (κ2) is 8.92. The Morgan fingerprint density at radius 2 is 1.79 bits per heavy atom. The van der Waals surface area contributed by atoms with Crippen molar-refractivity contribution >= 4 is 33.0 Å². The molecule has 153 valence electrons. The quantitative estimate of drug-likeness (QED) is 0.484. The second-order valence-corrected chi connectivity index (χ2v) is 8.08. The van der Waals surface area contributed by atoms with Crippen molar-refractivity contribution in [3.05, 3.63) is 63.5 Å². The van der Waals surface area contributed by atoms with Crippen molar-refractivity contribution in [2.45, 2.75) is 11.8 Å². The summed E-state index contributed by atoms with van der Waals surface area (Å²) in [5.74, 6) is -0.273. The van der Waals surface area contributed by atoms with Crippen LogP contribution >= 0.6 is 11.6 Å². The average Bonchev–Trinajstić information content (AvgIpc) is 2.95. The summed E-state index contributed by atoms with van der Waals surface area (Å²) in [5.41, 5.74) is 0.485. The van der Waals surface area contributed by atoms with Crippen LogP contribution in [0.4, 0.5) is 11.4 Å². The van der Waals surface area contributed by atoms with Crippen LogP contribution in [0.1, 0.15) is 5.69 Å². The van der Waals surface area contributed by atoms with E-state index >= 15 is 0 Å². The van der Waals surface area contributed by atoms with Crippen LogP contribution in [0.25, 0.3) is 5.69 Å². The van der Waals surface area contributed by atoms with Gasteiger partial charge in [-0.1, -0.05) is 11.6 Å². The Morgan fingerprint density at radius 1 is 1.14 bits per heavy atom. The van der Waals surface area contributed by atoms with Crippen molar-refractivity contribution in [1.82, 2.24) is 14.5 Å². The van der Waals surface area contributed by atoms with E-state index in [9.17, 15) is 18.3 Å². The molecule has 9 nitrogen and oxygen atoms in total. The third-order valence-corrected chi connectivity index (χ3v) is 5.57. The Bertz CT molecular complexity index is 1220. The summed E-state index contributed by atoms with van der Waals surface area (Å²) in [4.78, 5) is 12.5. The summed E-state index contributed by atoms with van der Waals surface area (Å²) in [7, 11) is -2.45. The van der Waals surface area contributed by atoms with E-state index in [1.807, 2.05) is 0 Å². The molecule has 1 aromatic heterocycles. The zero-order valence-electron chi connectivity index (χ0n) is 15.2. The summed E-state index contributed by atoms with van der Waals surface area (Å²) in [6.07, 6.45) is 0. The van der Waals surface area contributed by atoms with E-state index in [1.165, 1.54) is 23.9 Å². The molecule has 3 rings (SSSR count). The molecule has 1 heterocycles. The molecule has 29 heavy (non-hydrogen) atoms. The van der Waals surface area contributed by atoms with Gasteiger partial charge in [0, 0.05) is 5.02 Å². The molecule has 0 saturated carbocycles. The first-order valence-corrected chi connectivity index (χ1v) is 9.85. The van der Waals surface area contributed by atoms with Crippen LogP contribution < -0.4 is 10.3 Å². The molecule has 3 aromatic rings. The summed E-state index contributed by atoms with van der Waals surface area (Å²) in [6, 6.07) is 10.2. The number of nitrogens with zero attached hydrogens (tertiary/aromatic N) is 3. The predicted molar refractivity (Wildman–Crippen MR) is 105 cm³/mol. The molecule has 0 aliphatic carbocycles. The number of nitrogens with one attached hydrogen (secondary N) is 2. The number of phenols is 1. The van der Waals surface area contributed by atoms with Gasteiger partial charge in [-0.05, 0) is 56.4 Å². The van der Waals surface area contributed by atoms with Crippen molar-refractivity contribution in [3.63, 3.8) is 0 Å². The number of H-pyrrole nitrogens is 1. The smallest absolute Gasteiger partial charge is 0.506 e. The van der Waals surface area contributed by atoms with Gasteiger partial charge >= 0.3 is 16.8 Å². The number of hydrogen-bond donors (Lipinski definition) is 3. The number of phenolic OH excluding ortho intramolecular Hbond substituents is 1. The fourth-order valence-corrected chi connectivity index (χ4v) is 3.28. The Hall–Kier alpha value is -2.44. The molecular weight excluding hydrogens is 465 g/mol. The van der Waals surface area contributed by atoms with E-state index in [2.05, 4.69) is 20.0 Å². The van der Waals surface area contributed by atoms with E-state index in [4.69, 9.17) is 11.6 Å². The zero-order chi connectivity index (χ0) is 20.5. The number of azo groups is 1. The van der Waals surface area contributed by atoms with E-state index in [0.717, 1.165) is 6.07 Å². The molecule has 0 atom stereocenters. The van der Waals surface area contributed by atoms with E-state index < -0.39 is 15.6 Å². The third kappa shape index (κ3) is 4.76. The van der Waals surface area contributed by atoms with Gasteiger partial charge in [0.2, 0.25) is 10.0 Å². The molecule has 1 radical (unpaired) electrons. The van der Waals surface area contributed by atoms with Crippen LogP contribution in [0.3, 0.4) is 0 Å². The van der Waals surface area contributed by atoms with Crippen LogP contribution in [-0.4, -0.2) is 30.4 Å². The van der Waals surface area contributed by atoms with Crippen LogP contribution in [-0.2, 0) is 26.8 Å². The Labute approximate surface area is 181 Å². The molecule has 0 unspecified atom stereocenters. The predicted octanol–water partition coefficient (Wildman–Crippen LogP) is 3.15. The SMILES string of the molecule is CNS(=O)(=O)c1ccc(O)c(N=Nc2c(C)[nH]n(-c3ccc(Cl)cc3)c2=O)c1.[Co+2]. The topological polar surface area (TPSA) is 129 Å². The minimum Gasteiger partial charge on any atom is -0.506 e. The molecule has 0 fully saturated rings. The molecular formula is C17H16ClCoN5O4S+2. The Kier molecular flexibility index (Phi) is 7.03. The molecule has 2 aromatic carbocycles. The molecule has 0 saturated heterocycles. The number of halogens is 1. The monoisotopic (exact) mass is 480 g/mol. The average molecular weight is 481 g/mol. The fourth-order valence-electron chi connectivity index (χ4n) is 2.40. The third-order valence-electron chi connectivity index (χ3n) is 3.91. The van der Waals surface area contributed by atoms with Gasteiger partial charge in [0.05, 0.1) is 16.3 Å². The van der Waals surface area contributed by atoms with E-state index in [0.29, 0.717) is 16.4 Å². The number of rotatable bonds is 5.